The summed E-state index contributed by atoms with van der Waals surface area (Å²) >= 11 is 0. The average molecular weight is 260 g/mol. The predicted octanol–water partition coefficient (Wildman–Crippen LogP) is 0.180. The van der Waals surface area contributed by atoms with Crippen LogP contribution in [0.25, 0.3) is 0 Å². The van der Waals surface area contributed by atoms with Crippen molar-refractivity contribution in [3.8, 4) is 0 Å². The Bertz CT molecular complexity index is 269. The molecule has 0 fully saturated rings. The van der Waals surface area contributed by atoms with Gasteiger partial charge in [-0.1, -0.05) is 13.8 Å². The van der Waals surface area contributed by atoms with Crippen LogP contribution in [-0.2, 0) is 14.3 Å². The molecule has 0 spiro atoms. The number of aliphatic carboxylic acids is 1. The summed E-state index contributed by atoms with van der Waals surface area (Å²) in [4.78, 5) is 23.9. The molecule has 18 heavy (non-hydrogen) atoms. The van der Waals surface area contributed by atoms with Crippen molar-refractivity contribution >= 4 is 11.9 Å². The number of carbonyl (C=O) groups excluding carboxylic acids is 1. The van der Waals surface area contributed by atoms with E-state index in [4.69, 9.17) is 9.84 Å². The quantitative estimate of drug-likeness (QED) is 0.618. The number of carboxylic acids is 1. The Kier molecular flexibility index (Phi) is 8.32. The van der Waals surface area contributed by atoms with E-state index in [1.165, 1.54) is 0 Å². The van der Waals surface area contributed by atoms with Crippen molar-refractivity contribution < 1.29 is 19.4 Å². The lowest BCUT2D eigenvalue weighted by Crippen LogP contribution is -2.45. The van der Waals surface area contributed by atoms with Gasteiger partial charge < -0.3 is 15.2 Å². The molecule has 0 aliphatic heterocycles. The number of rotatable bonds is 9. The number of ether oxygens (including phenoxy) is 1. The molecule has 0 aromatic carbocycles. The number of hydrogen-bond donors (Lipinski definition) is 2. The van der Waals surface area contributed by atoms with Crippen molar-refractivity contribution in [2.75, 3.05) is 33.4 Å². The van der Waals surface area contributed by atoms with Gasteiger partial charge in [-0.25, -0.2) is 0 Å². The summed E-state index contributed by atoms with van der Waals surface area (Å²) in [6.07, 6.45) is 0. The smallest absolute Gasteiger partial charge is 0.317 e. The van der Waals surface area contributed by atoms with Crippen LogP contribution in [0.1, 0.15) is 20.8 Å². The maximum absolute atomic E-state index is 11.7. The van der Waals surface area contributed by atoms with E-state index in [-0.39, 0.29) is 25.0 Å². The van der Waals surface area contributed by atoms with Gasteiger partial charge in [0, 0.05) is 19.7 Å². The fourth-order valence-electron chi connectivity index (χ4n) is 1.30. The topological polar surface area (TPSA) is 78.9 Å². The van der Waals surface area contributed by atoms with Crippen LogP contribution in [0.4, 0.5) is 0 Å². The van der Waals surface area contributed by atoms with Crippen LogP contribution in [0.2, 0.25) is 0 Å². The highest BCUT2D eigenvalue weighted by Crippen LogP contribution is 1.99. The molecule has 0 saturated heterocycles. The number of methoxy groups -OCH3 is 1. The minimum absolute atomic E-state index is 0.0756. The molecular formula is C12H24N2O4. The molecule has 0 rings (SSSR count). The number of nitrogens with zero attached hydrogens (tertiary/aromatic N) is 1. The van der Waals surface area contributed by atoms with Gasteiger partial charge in [0.15, 0.2) is 0 Å². The third kappa shape index (κ3) is 8.03. The van der Waals surface area contributed by atoms with Gasteiger partial charge >= 0.3 is 5.97 Å². The van der Waals surface area contributed by atoms with Crippen molar-refractivity contribution in [3.63, 3.8) is 0 Å². The first-order chi connectivity index (χ1) is 8.36. The zero-order chi connectivity index (χ0) is 14.1. The zero-order valence-electron chi connectivity index (χ0n) is 11.6. The Morgan fingerprint density at radius 3 is 2.33 bits per heavy atom. The summed E-state index contributed by atoms with van der Waals surface area (Å²) in [5.41, 5.74) is 0. The van der Waals surface area contributed by atoms with Gasteiger partial charge in [-0.3, -0.25) is 14.5 Å². The molecule has 1 unspecified atom stereocenters. The molecule has 0 saturated carbocycles. The maximum Gasteiger partial charge on any atom is 0.317 e. The highest BCUT2D eigenvalue weighted by Gasteiger charge is 2.16. The lowest BCUT2D eigenvalue weighted by molar-refractivity contribution is -0.138. The fraction of sp³-hybridized carbons (Fsp3) is 0.833. The zero-order valence-corrected chi connectivity index (χ0v) is 11.6. The fourth-order valence-corrected chi connectivity index (χ4v) is 1.30. The van der Waals surface area contributed by atoms with Crippen LogP contribution in [-0.4, -0.2) is 61.3 Å². The number of carboxylic acid groups (broad SMARTS) is 1. The molecule has 0 aliphatic rings. The largest absolute Gasteiger partial charge is 0.480 e. The Hall–Kier alpha value is -1.14. The molecule has 2 N–H and O–H groups in total. The first-order valence-electron chi connectivity index (χ1n) is 6.09. The van der Waals surface area contributed by atoms with Crippen molar-refractivity contribution in [2.24, 2.45) is 5.92 Å². The highest BCUT2D eigenvalue weighted by molar-refractivity contribution is 5.79. The molecule has 0 radical (unpaired) electrons. The summed E-state index contributed by atoms with van der Waals surface area (Å²) < 4.78 is 4.89. The van der Waals surface area contributed by atoms with Crippen LogP contribution in [0.15, 0.2) is 0 Å². The number of nitrogens with one attached hydrogen (secondary N) is 1. The molecule has 6 nitrogen and oxygen atoms in total. The third-order valence-corrected chi connectivity index (χ3v) is 2.73. The standard InChI is InChI=1S/C12H24N2O4/c1-9(2)10(3)13-11(15)7-14(5-6-18-4)8-12(16)17/h9-10H,5-8H2,1-4H3,(H,13,15)(H,16,17). The number of hydrogen-bond acceptors (Lipinski definition) is 4. The number of carbonyl (C=O) groups is 2. The normalized spacial score (nSPS) is 12.8. The lowest BCUT2D eigenvalue weighted by atomic mass is 10.1. The summed E-state index contributed by atoms with van der Waals surface area (Å²) in [6, 6.07) is 0.0756. The second-order valence-electron chi connectivity index (χ2n) is 4.70. The van der Waals surface area contributed by atoms with Crippen molar-refractivity contribution in [3.05, 3.63) is 0 Å². The Labute approximate surface area is 108 Å². The van der Waals surface area contributed by atoms with Crippen molar-refractivity contribution in [1.82, 2.24) is 10.2 Å². The summed E-state index contributed by atoms with van der Waals surface area (Å²) in [7, 11) is 1.54. The van der Waals surface area contributed by atoms with E-state index >= 15 is 0 Å². The molecule has 6 heteroatoms. The number of amides is 1. The van der Waals surface area contributed by atoms with Gasteiger partial charge in [0.05, 0.1) is 19.7 Å². The van der Waals surface area contributed by atoms with Gasteiger partial charge in [0.1, 0.15) is 0 Å². The summed E-state index contributed by atoms with van der Waals surface area (Å²) in [5, 5.41) is 11.6. The van der Waals surface area contributed by atoms with Crippen LogP contribution >= 0.6 is 0 Å². The van der Waals surface area contributed by atoms with E-state index < -0.39 is 5.97 Å². The van der Waals surface area contributed by atoms with E-state index in [1.54, 1.807) is 12.0 Å². The Balaban J connectivity index is 4.20. The predicted molar refractivity (Wildman–Crippen MR) is 68.4 cm³/mol. The van der Waals surface area contributed by atoms with Crippen LogP contribution in [0.3, 0.4) is 0 Å². The maximum atomic E-state index is 11.7. The SMILES string of the molecule is COCCN(CC(=O)O)CC(=O)NC(C)C(C)C. The molecule has 0 heterocycles. The first kappa shape index (κ1) is 16.9. The summed E-state index contributed by atoms with van der Waals surface area (Å²) in [5.74, 6) is -0.759. The van der Waals surface area contributed by atoms with E-state index in [0.29, 0.717) is 19.1 Å². The van der Waals surface area contributed by atoms with Gasteiger partial charge in [0.2, 0.25) is 5.91 Å². The van der Waals surface area contributed by atoms with E-state index in [1.807, 2.05) is 20.8 Å². The minimum Gasteiger partial charge on any atom is -0.480 e. The molecule has 1 atom stereocenters. The minimum atomic E-state index is -0.948. The molecule has 106 valence electrons. The first-order valence-corrected chi connectivity index (χ1v) is 6.09. The Morgan fingerprint density at radius 1 is 1.28 bits per heavy atom. The molecule has 1 amide bonds. The third-order valence-electron chi connectivity index (χ3n) is 2.73. The van der Waals surface area contributed by atoms with Gasteiger partial charge in [-0.15, -0.1) is 0 Å². The van der Waals surface area contributed by atoms with E-state index in [2.05, 4.69) is 5.32 Å². The molecule has 0 aromatic rings. The van der Waals surface area contributed by atoms with Crippen LogP contribution in [0.5, 0.6) is 0 Å². The summed E-state index contributed by atoms with van der Waals surface area (Å²) in [6.45, 7) is 6.71. The highest BCUT2D eigenvalue weighted by atomic mass is 16.5. The second kappa shape index (κ2) is 8.88. The molecule has 0 bridgehead atoms. The van der Waals surface area contributed by atoms with Crippen LogP contribution in [0, 0.1) is 5.92 Å². The Morgan fingerprint density at radius 2 is 1.89 bits per heavy atom. The van der Waals surface area contributed by atoms with Gasteiger partial charge in [-0.2, -0.15) is 0 Å². The van der Waals surface area contributed by atoms with Gasteiger partial charge in [0.25, 0.3) is 0 Å². The molecule has 0 aliphatic carbocycles. The van der Waals surface area contributed by atoms with Gasteiger partial charge in [-0.05, 0) is 12.8 Å². The van der Waals surface area contributed by atoms with E-state index in [0.717, 1.165) is 0 Å². The molecule has 0 aromatic heterocycles. The average Bonchev–Trinajstić information content (AvgIpc) is 2.24. The van der Waals surface area contributed by atoms with Crippen LogP contribution < -0.4 is 5.32 Å². The monoisotopic (exact) mass is 260 g/mol. The second-order valence-corrected chi connectivity index (χ2v) is 4.70. The lowest BCUT2D eigenvalue weighted by Gasteiger charge is -2.22. The van der Waals surface area contributed by atoms with E-state index in [9.17, 15) is 9.59 Å². The van der Waals surface area contributed by atoms with Crippen molar-refractivity contribution in [1.29, 1.82) is 0 Å². The molecular weight excluding hydrogens is 236 g/mol. The van der Waals surface area contributed by atoms with Crippen molar-refractivity contribution in [2.45, 2.75) is 26.8 Å².